The Labute approximate surface area is 381 Å². The minimum absolute atomic E-state index is 0.0898. The summed E-state index contributed by atoms with van der Waals surface area (Å²) in [6.45, 7) is 3.71. The number of aliphatic hydroxyl groups excluding tert-OH is 2. The number of rotatable bonds is 23. The number of nitrogens with zero attached hydrogens (tertiary/aromatic N) is 4. The van der Waals surface area contributed by atoms with E-state index in [1.807, 2.05) is 38.1 Å². The summed E-state index contributed by atoms with van der Waals surface area (Å²) in [5.74, 6) is -0.508. The number of nitrogens with one attached hydrogen (secondary N) is 2. The van der Waals surface area contributed by atoms with Gasteiger partial charge in [0.1, 0.15) is 73.6 Å². The van der Waals surface area contributed by atoms with Crippen LogP contribution in [-0.4, -0.2) is 67.6 Å². The van der Waals surface area contributed by atoms with Gasteiger partial charge in [0.05, 0.1) is 24.3 Å². The summed E-state index contributed by atoms with van der Waals surface area (Å²) in [5.41, 5.74) is 9.31. The number of hydrogen-bond acceptors (Lipinski definition) is 14. The first-order valence-electron chi connectivity index (χ1n) is 20.8. The molecule has 0 spiro atoms. The molecule has 0 amide bonds. The second-order valence-electron chi connectivity index (χ2n) is 15.2. The topological polar surface area (TPSA) is 249 Å². The number of nitriles is 2. The van der Waals surface area contributed by atoms with Crippen LogP contribution in [0.15, 0.2) is 110 Å². The van der Waals surface area contributed by atoms with E-state index in [2.05, 4.69) is 44.9 Å². The van der Waals surface area contributed by atoms with E-state index in [-0.39, 0.29) is 39.5 Å². The number of benzene rings is 4. The lowest BCUT2D eigenvalue weighted by atomic mass is 9.92. The first-order valence-corrected chi connectivity index (χ1v) is 20.8. The smallest absolute Gasteiger partial charge is 0.323 e. The molecule has 0 bridgehead atoms. The SMILES string of the molecule is Cc1c(COc2ccc(CN[C@H](CO)C(=O)O)c(OCc3cncc(C#N)c3)c2)cccc1-c1cccc(COc2ccc(CN[C@H](CO)C(=O)O)c(OCc3cncc(C#N)c3)c2)c1C. The second-order valence-corrected chi connectivity index (χ2v) is 15.2. The van der Waals surface area contributed by atoms with Gasteiger partial charge in [-0.25, -0.2) is 0 Å². The van der Waals surface area contributed by atoms with E-state index in [0.717, 1.165) is 33.4 Å². The van der Waals surface area contributed by atoms with E-state index in [1.54, 1.807) is 60.9 Å². The van der Waals surface area contributed by atoms with Crippen LogP contribution in [0.2, 0.25) is 0 Å². The fourth-order valence-corrected chi connectivity index (χ4v) is 6.90. The van der Waals surface area contributed by atoms with Crippen LogP contribution >= 0.6 is 0 Å². The Morgan fingerprint density at radius 3 is 1.38 bits per heavy atom. The predicted molar refractivity (Wildman–Crippen MR) is 240 cm³/mol. The van der Waals surface area contributed by atoms with Gasteiger partial charge in [0.15, 0.2) is 0 Å². The van der Waals surface area contributed by atoms with E-state index in [0.29, 0.717) is 56.4 Å². The highest BCUT2D eigenvalue weighted by atomic mass is 16.5. The Kier molecular flexibility index (Phi) is 16.7. The van der Waals surface area contributed by atoms with Crippen molar-refractivity contribution >= 4 is 11.9 Å². The molecule has 4 aromatic carbocycles. The van der Waals surface area contributed by atoms with Crippen molar-refractivity contribution in [2.45, 2.75) is 65.4 Å². The number of carboxylic acid groups (broad SMARTS) is 2. The van der Waals surface area contributed by atoms with Gasteiger partial charge in [0.25, 0.3) is 0 Å². The zero-order valence-electron chi connectivity index (χ0n) is 36.2. The van der Waals surface area contributed by atoms with Gasteiger partial charge in [-0.1, -0.05) is 48.5 Å². The summed E-state index contributed by atoms with van der Waals surface area (Å²) >= 11 is 0. The minimum atomic E-state index is -1.19. The first kappa shape index (κ1) is 47.6. The number of aliphatic hydroxyl groups is 2. The molecule has 6 aromatic rings. The lowest BCUT2D eigenvalue weighted by molar-refractivity contribution is -0.141. The molecule has 0 fully saturated rings. The molecule has 0 aliphatic heterocycles. The number of ether oxygens (including phenoxy) is 4. The summed E-state index contributed by atoms with van der Waals surface area (Å²) in [4.78, 5) is 31.3. The van der Waals surface area contributed by atoms with Crippen molar-refractivity contribution in [1.82, 2.24) is 20.6 Å². The molecule has 2 heterocycles. The van der Waals surface area contributed by atoms with Crippen LogP contribution in [-0.2, 0) is 49.1 Å². The Morgan fingerprint density at radius 2 is 1.00 bits per heavy atom. The van der Waals surface area contributed by atoms with Gasteiger partial charge < -0.3 is 39.4 Å². The maximum atomic E-state index is 11.5. The molecule has 0 aliphatic carbocycles. The van der Waals surface area contributed by atoms with Crippen LogP contribution < -0.4 is 29.6 Å². The van der Waals surface area contributed by atoms with Crippen LogP contribution in [0, 0.1) is 36.5 Å². The zero-order valence-corrected chi connectivity index (χ0v) is 36.2. The Balaban J connectivity index is 1.17. The van der Waals surface area contributed by atoms with Gasteiger partial charge in [-0.2, -0.15) is 10.5 Å². The number of carboxylic acids is 2. The summed E-state index contributed by atoms with van der Waals surface area (Å²) in [7, 11) is 0. The highest BCUT2D eigenvalue weighted by molar-refractivity contribution is 5.74. The van der Waals surface area contributed by atoms with Crippen LogP contribution in [0.4, 0.5) is 0 Å². The van der Waals surface area contributed by atoms with Gasteiger partial charge >= 0.3 is 11.9 Å². The lowest BCUT2D eigenvalue weighted by Crippen LogP contribution is -2.39. The van der Waals surface area contributed by atoms with E-state index in [9.17, 15) is 40.5 Å². The summed E-state index contributed by atoms with van der Waals surface area (Å²) in [6, 6.07) is 27.7. The second kappa shape index (κ2) is 23.2. The van der Waals surface area contributed by atoms with E-state index < -0.39 is 37.2 Å². The Bertz CT molecular complexity index is 2560. The molecule has 0 radical (unpaired) electrons. The third kappa shape index (κ3) is 12.7. The summed E-state index contributed by atoms with van der Waals surface area (Å²) in [6.07, 6.45) is 6.10. The average Bonchev–Trinajstić information content (AvgIpc) is 3.33. The molecule has 0 saturated heterocycles. The standard InChI is InChI=1S/C50H48N6O10/c1-31-39(29-63-41-11-9-37(23-55-45(25-57)49(59)60)47(15-41)65-27-35-13-33(17-51)19-53-21-35)5-3-7-43(31)44-8-4-6-40(32(44)2)30-64-42-12-10-38(24-56-46(26-58)50(61)62)48(16-42)66-28-36-14-34(18-52)20-54-22-36/h3-16,19-22,45-46,55-58H,23-30H2,1-2H3,(H,59,60)(H,61,62)/t45-,46-/m1/s1. The lowest BCUT2D eigenvalue weighted by Gasteiger charge is -2.18. The molecular weight excluding hydrogens is 845 g/mol. The molecule has 0 unspecified atom stereocenters. The number of carbonyl (C=O) groups is 2. The third-order valence-corrected chi connectivity index (χ3v) is 10.7. The van der Waals surface area contributed by atoms with Gasteiger partial charge in [-0.05, 0) is 71.5 Å². The van der Waals surface area contributed by atoms with Crippen molar-refractivity contribution in [1.29, 1.82) is 10.5 Å². The first-order chi connectivity index (χ1) is 32.0. The zero-order chi connectivity index (χ0) is 47.0. The van der Waals surface area contributed by atoms with E-state index in [4.69, 9.17) is 18.9 Å². The third-order valence-electron chi connectivity index (χ3n) is 10.7. The molecule has 2 atom stereocenters. The molecule has 0 saturated carbocycles. The van der Waals surface area contributed by atoms with Crippen molar-refractivity contribution in [3.05, 3.63) is 165 Å². The number of aliphatic carboxylic acids is 2. The molecule has 6 N–H and O–H groups in total. The van der Waals surface area contributed by atoms with Crippen molar-refractivity contribution in [2.75, 3.05) is 13.2 Å². The normalized spacial score (nSPS) is 11.7. The number of hydrogen-bond donors (Lipinski definition) is 6. The highest BCUT2D eigenvalue weighted by Crippen LogP contribution is 2.33. The Hall–Kier alpha value is -7.86. The van der Waals surface area contributed by atoms with Crippen molar-refractivity contribution < 1.29 is 49.0 Å². The molecule has 16 nitrogen and oxygen atoms in total. The monoisotopic (exact) mass is 892 g/mol. The fourth-order valence-electron chi connectivity index (χ4n) is 6.90. The maximum absolute atomic E-state index is 11.5. The van der Waals surface area contributed by atoms with Crippen LogP contribution in [0.25, 0.3) is 11.1 Å². The van der Waals surface area contributed by atoms with Gasteiger partial charge in [-0.3, -0.25) is 30.2 Å². The maximum Gasteiger partial charge on any atom is 0.323 e. The molecule has 338 valence electrons. The average molecular weight is 893 g/mol. The largest absolute Gasteiger partial charge is 0.489 e. The Morgan fingerprint density at radius 1 is 0.576 bits per heavy atom. The van der Waals surface area contributed by atoms with Gasteiger partial charge in [-0.15, -0.1) is 0 Å². The highest BCUT2D eigenvalue weighted by Gasteiger charge is 2.19. The molecule has 2 aromatic heterocycles. The van der Waals surface area contributed by atoms with E-state index >= 15 is 0 Å². The number of pyridine rings is 2. The van der Waals surface area contributed by atoms with Crippen molar-refractivity contribution in [3.63, 3.8) is 0 Å². The molecule has 16 heteroatoms. The minimum Gasteiger partial charge on any atom is -0.489 e. The van der Waals surface area contributed by atoms with Crippen molar-refractivity contribution in [3.8, 4) is 46.3 Å². The molecule has 0 aliphatic rings. The summed E-state index contributed by atoms with van der Waals surface area (Å²) < 4.78 is 24.9. The molecular formula is C50H48N6O10. The van der Waals surface area contributed by atoms with Crippen LogP contribution in [0.3, 0.4) is 0 Å². The molecule has 66 heavy (non-hydrogen) atoms. The predicted octanol–water partition coefficient (Wildman–Crippen LogP) is 5.89. The fraction of sp³-hybridized carbons (Fsp3) is 0.240. The van der Waals surface area contributed by atoms with Crippen molar-refractivity contribution in [2.24, 2.45) is 0 Å². The van der Waals surface area contributed by atoms with Crippen LogP contribution in [0.5, 0.6) is 23.0 Å². The quantitative estimate of drug-likeness (QED) is 0.0439. The van der Waals surface area contributed by atoms with Gasteiger partial charge in [0.2, 0.25) is 0 Å². The van der Waals surface area contributed by atoms with E-state index in [1.165, 1.54) is 12.4 Å². The number of aromatic nitrogens is 2. The summed E-state index contributed by atoms with van der Waals surface area (Å²) in [5, 5.41) is 62.2. The van der Waals surface area contributed by atoms with Gasteiger partial charge in [0, 0.05) is 72.3 Å². The molecule has 6 rings (SSSR count). The van der Waals surface area contributed by atoms with Crippen LogP contribution in [0.1, 0.15) is 55.6 Å².